The van der Waals surface area contributed by atoms with Gasteiger partial charge in [-0.15, -0.1) is 0 Å². The summed E-state index contributed by atoms with van der Waals surface area (Å²) in [6.45, 7) is 6.05. The van der Waals surface area contributed by atoms with Gasteiger partial charge in [-0.25, -0.2) is 0 Å². The van der Waals surface area contributed by atoms with E-state index in [1.54, 1.807) is 0 Å². The van der Waals surface area contributed by atoms with E-state index < -0.39 is 5.41 Å². The third-order valence-corrected chi connectivity index (χ3v) is 3.80. The van der Waals surface area contributed by atoms with Gasteiger partial charge in [0.2, 0.25) is 0 Å². The fourth-order valence-electron chi connectivity index (χ4n) is 2.33. The molecule has 0 aromatic heterocycles. The molecule has 0 bridgehead atoms. The number of carbonyl (C=O) groups is 1. The van der Waals surface area contributed by atoms with Crippen molar-refractivity contribution in [3.8, 4) is 0 Å². The van der Waals surface area contributed by atoms with Gasteiger partial charge in [-0.1, -0.05) is 18.2 Å². The zero-order chi connectivity index (χ0) is 15.3. The predicted octanol–water partition coefficient (Wildman–Crippen LogP) is 2.90. The number of esters is 1. The van der Waals surface area contributed by atoms with Crippen molar-refractivity contribution in [2.75, 3.05) is 32.2 Å². The minimum Gasteiger partial charge on any atom is -0.468 e. The lowest BCUT2D eigenvalue weighted by Crippen LogP contribution is -2.30. The predicted molar refractivity (Wildman–Crippen MR) is 83.5 cm³/mol. The minimum atomic E-state index is -0.632. The minimum absolute atomic E-state index is 0.229. The molecule has 0 aliphatic carbocycles. The van der Waals surface area contributed by atoms with Crippen LogP contribution < -0.4 is 5.32 Å². The van der Waals surface area contributed by atoms with E-state index in [-0.39, 0.29) is 5.97 Å². The van der Waals surface area contributed by atoms with Gasteiger partial charge in [0.1, 0.15) is 0 Å². The molecule has 114 valence electrons. The van der Waals surface area contributed by atoms with Crippen LogP contribution in [0.5, 0.6) is 0 Å². The highest BCUT2D eigenvalue weighted by Gasteiger charge is 2.30. The molecular weight excluding hydrogens is 266 g/mol. The van der Waals surface area contributed by atoms with Crippen LogP contribution in [0.3, 0.4) is 0 Å². The second-order valence-electron chi connectivity index (χ2n) is 5.75. The van der Waals surface area contributed by atoms with Gasteiger partial charge in [0.05, 0.1) is 25.7 Å². The third kappa shape index (κ3) is 3.85. The third-order valence-electron chi connectivity index (χ3n) is 3.80. The van der Waals surface area contributed by atoms with Gasteiger partial charge in [0, 0.05) is 12.2 Å². The van der Waals surface area contributed by atoms with E-state index in [0.717, 1.165) is 30.8 Å². The van der Waals surface area contributed by atoms with Gasteiger partial charge < -0.3 is 14.8 Å². The quantitative estimate of drug-likeness (QED) is 0.669. The van der Waals surface area contributed by atoms with Gasteiger partial charge in [0.25, 0.3) is 0 Å². The summed E-state index contributed by atoms with van der Waals surface area (Å²) in [5.41, 5.74) is 2.62. The summed E-state index contributed by atoms with van der Waals surface area (Å²) in [5.74, 6) is -0.229. The van der Waals surface area contributed by atoms with Crippen LogP contribution in [-0.4, -0.2) is 32.8 Å². The van der Waals surface area contributed by atoms with Crippen LogP contribution in [0.15, 0.2) is 35.9 Å². The molecule has 0 fully saturated rings. The Kier molecular flexibility index (Phi) is 5.02. The first kappa shape index (κ1) is 15.6. The highest BCUT2D eigenvalue weighted by Crippen LogP contribution is 2.26. The van der Waals surface area contributed by atoms with Gasteiger partial charge in [-0.3, -0.25) is 4.79 Å². The lowest BCUT2D eigenvalue weighted by atomic mass is 9.85. The Morgan fingerprint density at radius 2 is 2.05 bits per heavy atom. The average molecular weight is 289 g/mol. The van der Waals surface area contributed by atoms with Crippen LogP contribution in [0, 0.1) is 0 Å². The molecule has 0 unspecified atom stereocenters. The summed E-state index contributed by atoms with van der Waals surface area (Å²) in [4.78, 5) is 11.8. The second kappa shape index (κ2) is 6.76. The lowest BCUT2D eigenvalue weighted by molar-refractivity contribution is -0.146. The number of ether oxygens (including phenoxy) is 2. The number of hydrogen-bond acceptors (Lipinski definition) is 4. The van der Waals surface area contributed by atoms with Crippen molar-refractivity contribution in [3.63, 3.8) is 0 Å². The largest absolute Gasteiger partial charge is 0.468 e. The summed E-state index contributed by atoms with van der Waals surface area (Å²) in [5, 5.41) is 3.37. The van der Waals surface area contributed by atoms with Crippen LogP contribution >= 0.6 is 0 Å². The summed E-state index contributed by atoms with van der Waals surface area (Å²) >= 11 is 0. The molecule has 2 rings (SSSR count). The van der Waals surface area contributed by atoms with Crippen LogP contribution in [0.25, 0.3) is 0 Å². The van der Waals surface area contributed by atoms with Crippen molar-refractivity contribution >= 4 is 11.7 Å². The zero-order valence-electron chi connectivity index (χ0n) is 12.9. The van der Waals surface area contributed by atoms with Gasteiger partial charge >= 0.3 is 5.97 Å². The van der Waals surface area contributed by atoms with Crippen molar-refractivity contribution in [1.29, 1.82) is 0 Å². The highest BCUT2D eigenvalue weighted by atomic mass is 16.5. The zero-order valence-corrected chi connectivity index (χ0v) is 12.9. The smallest absolute Gasteiger partial charge is 0.315 e. The van der Waals surface area contributed by atoms with Crippen molar-refractivity contribution in [3.05, 3.63) is 41.5 Å². The van der Waals surface area contributed by atoms with Crippen molar-refractivity contribution in [2.24, 2.45) is 0 Å². The maximum atomic E-state index is 11.8. The fourth-order valence-corrected chi connectivity index (χ4v) is 2.33. The molecule has 4 nitrogen and oxygen atoms in total. The van der Waals surface area contributed by atoms with Crippen LogP contribution in [-0.2, 0) is 19.7 Å². The van der Waals surface area contributed by atoms with E-state index in [0.29, 0.717) is 6.61 Å². The Bertz CT molecular complexity index is 517. The van der Waals surface area contributed by atoms with Crippen molar-refractivity contribution in [2.45, 2.75) is 25.7 Å². The molecule has 1 N–H and O–H groups in total. The molecular formula is C17H23NO3. The molecule has 21 heavy (non-hydrogen) atoms. The SMILES string of the molecule is COC(=O)C(C)(C)c1ccc(NCC2=CCCOC2)cc1. The Balaban J connectivity index is 1.98. The fraction of sp³-hybridized carbons (Fsp3) is 0.471. The summed E-state index contributed by atoms with van der Waals surface area (Å²) in [6.07, 6.45) is 3.22. The van der Waals surface area contributed by atoms with Crippen LogP contribution in [0.4, 0.5) is 5.69 Å². The Hall–Kier alpha value is -1.81. The molecule has 0 amide bonds. The number of carbonyl (C=O) groups excluding carboxylic acids is 1. The summed E-state index contributed by atoms with van der Waals surface area (Å²) in [6, 6.07) is 7.91. The Morgan fingerprint density at radius 3 is 2.62 bits per heavy atom. The van der Waals surface area contributed by atoms with Gasteiger partial charge in [-0.2, -0.15) is 0 Å². The number of nitrogens with one attached hydrogen (secondary N) is 1. The van der Waals surface area contributed by atoms with E-state index in [4.69, 9.17) is 9.47 Å². The molecule has 1 heterocycles. The number of benzene rings is 1. The molecule has 1 aliphatic rings. The molecule has 0 spiro atoms. The normalized spacial score (nSPS) is 15.3. The number of anilines is 1. The molecule has 0 saturated heterocycles. The maximum absolute atomic E-state index is 11.8. The monoisotopic (exact) mass is 289 g/mol. The number of hydrogen-bond donors (Lipinski definition) is 1. The molecule has 1 aromatic carbocycles. The molecule has 0 radical (unpaired) electrons. The van der Waals surface area contributed by atoms with Crippen LogP contribution in [0.2, 0.25) is 0 Å². The number of rotatable bonds is 5. The lowest BCUT2D eigenvalue weighted by Gasteiger charge is -2.22. The maximum Gasteiger partial charge on any atom is 0.315 e. The van der Waals surface area contributed by atoms with Crippen molar-refractivity contribution < 1.29 is 14.3 Å². The van der Waals surface area contributed by atoms with E-state index in [1.165, 1.54) is 12.7 Å². The molecule has 1 aliphatic heterocycles. The van der Waals surface area contributed by atoms with Gasteiger partial charge in [-0.05, 0) is 43.5 Å². The second-order valence-corrected chi connectivity index (χ2v) is 5.75. The van der Waals surface area contributed by atoms with E-state index >= 15 is 0 Å². The first-order valence-electron chi connectivity index (χ1n) is 7.22. The topological polar surface area (TPSA) is 47.6 Å². The molecule has 0 saturated carbocycles. The van der Waals surface area contributed by atoms with E-state index in [1.807, 2.05) is 38.1 Å². The number of methoxy groups -OCH3 is 1. The summed E-state index contributed by atoms with van der Waals surface area (Å²) in [7, 11) is 1.42. The van der Waals surface area contributed by atoms with Crippen molar-refractivity contribution in [1.82, 2.24) is 0 Å². The van der Waals surface area contributed by atoms with E-state index in [2.05, 4.69) is 11.4 Å². The Labute approximate surface area is 126 Å². The average Bonchev–Trinajstić information content (AvgIpc) is 2.53. The van der Waals surface area contributed by atoms with Gasteiger partial charge in [0.15, 0.2) is 0 Å². The molecule has 4 heteroatoms. The molecule has 0 atom stereocenters. The first-order valence-corrected chi connectivity index (χ1v) is 7.22. The van der Waals surface area contributed by atoms with E-state index in [9.17, 15) is 4.79 Å². The molecule has 1 aromatic rings. The standard InChI is InChI=1S/C17H23NO3/c1-17(2,16(19)20-3)14-6-8-15(9-7-14)18-11-13-5-4-10-21-12-13/h5-9,18H,4,10-12H2,1-3H3. The summed E-state index contributed by atoms with van der Waals surface area (Å²) < 4.78 is 10.3. The van der Waals surface area contributed by atoms with Crippen LogP contribution in [0.1, 0.15) is 25.8 Å². The first-order chi connectivity index (χ1) is 10.0. The Morgan fingerprint density at radius 1 is 1.33 bits per heavy atom. The highest BCUT2D eigenvalue weighted by molar-refractivity contribution is 5.82.